The molecule has 1 saturated heterocycles. The number of nitrogens with one attached hydrogen (secondary N) is 1. The predicted octanol–water partition coefficient (Wildman–Crippen LogP) is 15.1. The van der Waals surface area contributed by atoms with E-state index in [1.165, 1.54) is 186 Å². The lowest BCUT2D eigenvalue weighted by molar-refractivity contribution is -0.302. The van der Waals surface area contributed by atoms with Crippen LogP contribution in [0.15, 0.2) is 60.8 Å². The number of ether oxygens (including phenoxy) is 2. The third-order valence-electron chi connectivity index (χ3n) is 14.1. The smallest absolute Gasteiger partial charge is 0.220 e. The van der Waals surface area contributed by atoms with Gasteiger partial charge in [0.05, 0.1) is 25.4 Å². The normalized spacial score (nSPS) is 19.7. The van der Waals surface area contributed by atoms with Crippen molar-refractivity contribution in [1.29, 1.82) is 0 Å². The summed E-state index contributed by atoms with van der Waals surface area (Å²) in [7, 11) is 0. The van der Waals surface area contributed by atoms with Crippen molar-refractivity contribution >= 4 is 5.91 Å². The molecule has 9 nitrogen and oxygen atoms in total. The van der Waals surface area contributed by atoms with Crippen molar-refractivity contribution in [3.8, 4) is 0 Å². The molecule has 0 aromatic carbocycles. The molecule has 0 aliphatic carbocycles. The van der Waals surface area contributed by atoms with Crippen molar-refractivity contribution in [3.05, 3.63) is 60.8 Å². The summed E-state index contributed by atoms with van der Waals surface area (Å²) in [6.45, 7) is 3.61. The van der Waals surface area contributed by atoms with Gasteiger partial charge in [-0.3, -0.25) is 4.79 Å². The summed E-state index contributed by atoms with van der Waals surface area (Å²) in [5.74, 6) is -0.178. The zero-order valence-electron chi connectivity index (χ0n) is 46.0. The zero-order chi connectivity index (χ0) is 51.5. The average molecular weight is 1000 g/mol. The maximum atomic E-state index is 12.9. The Bertz CT molecular complexity index is 1300. The van der Waals surface area contributed by atoms with Crippen LogP contribution in [0, 0.1) is 0 Å². The summed E-state index contributed by atoms with van der Waals surface area (Å²) < 4.78 is 11.2. The van der Waals surface area contributed by atoms with Gasteiger partial charge in [-0.2, -0.15) is 0 Å². The molecule has 1 heterocycles. The molecule has 7 atom stereocenters. The van der Waals surface area contributed by atoms with Gasteiger partial charge in [-0.15, -0.1) is 0 Å². The highest BCUT2D eigenvalue weighted by Gasteiger charge is 2.44. The molecule has 414 valence electrons. The lowest BCUT2D eigenvalue weighted by Gasteiger charge is -2.40. The number of unbranched alkanes of at least 4 members (excludes halogenated alkanes) is 33. The number of allylic oxidation sites excluding steroid dienone is 9. The third-order valence-corrected chi connectivity index (χ3v) is 14.1. The molecular weight excluding hydrogens is 887 g/mol. The van der Waals surface area contributed by atoms with Gasteiger partial charge in [-0.05, 0) is 57.8 Å². The van der Waals surface area contributed by atoms with Gasteiger partial charge in [0, 0.05) is 6.42 Å². The molecule has 71 heavy (non-hydrogen) atoms. The second-order valence-electron chi connectivity index (χ2n) is 20.8. The minimum Gasteiger partial charge on any atom is -0.394 e. The van der Waals surface area contributed by atoms with E-state index in [0.717, 1.165) is 64.2 Å². The van der Waals surface area contributed by atoms with E-state index < -0.39 is 49.5 Å². The van der Waals surface area contributed by atoms with Gasteiger partial charge in [0.15, 0.2) is 6.29 Å². The minimum absolute atomic E-state index is 0.178. The monoisotopic (exact) mass is 1000 g/mol. The highest BCUT2D eigenvalue weighted by molar-refractivity contribution is 5.76. The van der Waals surface area contributed by atoms with E-state index in [0.29, 0.717) is 6.42 Å². The summed E-state index contributed by atoms with van der Waals surface area (Å²) >= 11 is 0. The van der Waals surface area contributed by atoms with Crippen LogP contribution in [-0.2, 0) is 14.3 Å². The van der Waals surface area contributed by atoms with Crippen LogP contribution in [0.5, 0.6) is 0 Å². The molecule has 0 spiro atoms. The Morgan fingerprint density at radius 2 is 0.873 bits per heavy atom. The van der Waals surface area contributed by atoms with Crippen LogP contribution < -0.4 is 5.32 Å². The number of aliphatic hydroxyl groups is 5. The van der Waals surface area contributed by atoms with Gasteiger partial charge < -0.3 is 40.3 Å². The highest BCUT2D eigenvalue weighted by Crippen LogP contribution is 2.23. The van der Waals surface area contributed by atoms with Crippen molar-refractivity contribution in [3.63, 3.8) is 0 Å². The standard InChI is InChI=1S/C62H113NO8/c1-3-5-7-9-11-12-13-14-15-16-17-18-19-20-21-22-23-24-25-26-27-28-29-30-31-32-33-34-35-36-37-38-39-40-41-42-43-44-46-48-50-52-58(66)63-55(56(65)51-49-47-45-10-8-6-4-2)54-70-62-61(69)60(68)59(67)57(53-64)71-62/h5,7,11-12,14-15,17-18,49,51,55-57,59-62,64-65,67-69H,3-4,6,8-10,13,16,19-48,50,52-54H2,1-2H3,(H,63,66)/b7-5-,12-11-,15-14-,18-17-,51-49+. The fourth-order valence-corrected chi connectivity index (χ4v) is 9.39. The number of aliphatic hydroxyl groups excluding tert-OH is 5. The molecule has 0 radical (unpaired) electrons. The third kappa shape index (κ3) is 40.9. The van der Waals surface area contributed by atoms with Crippen LogP contribution >= 0.6 is 0 Å². The van der Waals surface area contributed by atoms with Crippen LogP contribution in [-0.4, -0.2) is 87.5 Å². The molecule has 0 aromatic rings. The van der Waals surface area contributed by atoms with E-state index in [4.69, 9.17) is 9.47 Å². The van der Waals surface area contributed by atoms with Gasteiger partial charge in [-0.1, -0.05) is 267 Å². The first kappa shape index (κ1) is 66.9. The van der Waals surface area contributed by atoms with Crippen LogP contribution in [0.25, 0.3) is 0 Å². The Hall–Kier alpha value is -2.11. The fourth-order valence-electron chi connectivity index (χ4n) is 9.39. The van der Waals surface area contributed by atoms with Crippen molar-refractivity contribution in [1.82, 2.24) is 5.32 Å². The zero-order valence-corrected chi connectivity index (χ0v) is 46.0. The van der Waals surface area contributed by atoms with Crippen LogP contribution in [0.4, 0.5) is 0 Å². The summed E-state index contributed by atoms with van der Waals surface area (Å²) in [6, 6.07) is -0.800. The van der Waals surface area contributed by atoms with E-state index in [9.17, 15) is 30.3 Å². The first-order chi connectivity index (χ1) is 34.8. The molecule has 0 saturated carbocycles. The Balaban J connectivity index is 1.94. The lowest BCUT2D eigenvalue weighted by Crippen LogP contribution is -2.60. The van der Waals surface area contributed by atoms with Gasteiger partial charge in [0.25, 0.3) is 0 Å². The van der Waals surface area contributed by atoms with E-state index >= 15 is 0 Å². The molecule has 1 amide bonds. The average Bonchev–Trinajstić information content (AvgIpc) is 3.37. The number of hydrogen-bond donors (Lipinski definition) is 6. The lowest BCUT2D eigenvalue weighted by atomic mass is 9.99. The molecule has 9 heteroatoms. The number of carbonyl (C=O) groups is 1. The predicted molar refractivity (Wildman–Crippen MR) is 299 cm³/mol. The molecule has 0 aromatic heterocycles. The second-order valence-corrected chi connectivity index (χ2v) is 20.8. The van der Waals surface area contributed by atoms with Gasteiger partial charge in [-0.25, -0.2) is 0 Å². The fraction of sp³-hybridized carbons (Fsp3) is 0.823. The summed E-state index contributed by atoms with van der Waals surface area (Å²) in [5, 5.41) is 54.1. The second kappa shape index (κ2) is 51.4. The largest absolute Gasteiger partial charge is 0.394 e. The van der Waals surface area contributed by atoms with E-state index in [1.807, 2.05) is 6.08 Å². The van der Waals surface area contributed by atoms with Crippen molar-refractivity contribution in [2.75, 3.05) is 13.2 Å². The Morgan fingerprint density at radius 3 is 1.30 bits per heavy atom. The topological polar surface area (TPSA) is 149 Å². The summed E-state index contributed by atoms with van der Waals surface area (Å²) in [4.78, 5) is 12.9. The molecular formula is C62H113NO8. The molecule has 1 aliphatic heterocycles. The molecule has 0 bridgehead atoms. The molecule has 1 aliphatic rings. The van der Waals surface area contributed by atoms with Crippen LogP contribution in [0.1, 0.15) is 271 Å². The molecule has 6 N–H and O–H groups in total. The van der Waals surface area contributed by atoms with Crippen LogP contribution in [0.3, 0.4) is 0 Å². The van der Waals surface area contributed by atoms with Crippen molar-refractivity contribution in [2.45, 2.75) is 314 Å². The first-order valence-corrected chi connectivity index (χ1v) is 30.0. The number of hydrogen-bond acceptors (Lipinski definition) is 8. The van der Waals surface area contributed by atoms with Crippen molar-refractivity contribution in [2.24, 2.45) is 0 Å². The number of rotatable bonds is 51. The van der Waals surface area contributed by atoms with Crippen molar-refractivity contribution < 1.29 is 39.8 Å². The van der Waals surface area contributed by atoms with Gasteiger partial charge in [0.1, 0.15) is 24.4 Å². The van der Waals surface area contributed by atoms with Gasteiger partial charge >= 0.3 is 0 Å². The molecule has 7 unspecified atom stereocenters. The summed E-state index contributed by atoms with van der Waals surface area (Å²) in [6.07, 6.45) is 63.7. The van der Waals surface area contributed by atoms with E-state index in [2.05, 4.69) is 67.8 Å². The van der Waals surface area contributed by atoms with E-state index in [1.54, 1.807) is 6.08 Å². The Morgan fingerprint density at radius 1 is 0.493 bits per heavy atom. The molecule has 1 fully saturated rings. The summed E-state index contributed by atoms with van der Waals surface area (Å²) in [5.41, 5.74) is 0. The van der Waals surface area contributed by atoms with E-state index in [-0.39, 0.29) is 12.5 Å². The maximum Gasteiger partial charge on any atom is 0.220 e. The number of amides is 1. The first-order valence-electron chi connectivity index (χ1n) is 30.0. The Labute approximate surface area is 436 Å². The number of carbonyl (C=O) groups excluding carboxylic acids is 1. The molecule has 1 rings (SSSR count). The Kier molecular flexibility index (Phi) is 48.4. The van der Waals surface area contributed by atoms with Gasteiger partial charge in [0.2, 0.25) is 5.91 Å². The quantitative estimate of drug-likeness (QED) is 0.0261. The van der Waals surface area contributed by atoms with Crippen LogP contribution in [0.2, 0.25) is 0 Å². The maximum absolute atomic E-state index is 12.9. The highest BCUT2D eigenvalue weighted by atomic mass is 16.7. The SMILES string of the molecule is CC/C=C\C/C=C\C/C=C\C/C=C\CCCCCCCCCCCCCCCCCCCCCCCCCCCCCCC(=O)NC(COC1OC(CO)C(O)C(O)C1O)C(O)/C=C/CCCCCCC. The minimum atomic E-state index is -1.56.